The molecule has 2 rings (SSSR count). The molecular weight excluding hydrogens is 312 g/mol. The van der Waals surface area contributed by atoms with E-state index >= 15 is 0 Å². The first-order valence-corrected chi connectivity index (χ1v) is 10.2. The summed E-state index contributed by atoms with van der Waals surface area (Å²) in [5, 5.41) is 0.364. The van der Waals surface area contributed by atoms with Gasteiger partial charge in [-0.25, -0.2) is 13.1 Å². The third kappa shape index (κ3) is 4.14. The van der Waals surface area contributed by atoms with Gasteiger partial charge >= 0.3 is 0 Å². The van der Waals surface area contributed by atoms with Crippen LogP contribution in [0, 0.1) is 6.92 Å². The van der Waals surface area contributed by atoms with Crippen LogP contribution in [-0.4, -0.2) is 37.5 Å². The summed E-state index contributed by atoms with van der Waals surface area (Å²) in [4.78, 5) is 0.303. The molecule has 0 radical (unpaired) electrons. The average molecular weight is 333 g/mol. The fourth-order valence-electron chi connectivity index (χ4n) is 1.98. The second kappa shape index (κ2) is 7.17. The predicted octanol–water partition coefficient (Wildman–Crippen LogP) is 1.58. The zero-order valence-electron chi connectivity index (χ0n) is 11.5. The zero-order chi connectivity index (χ0) is 14.6. The highest BCUT2D eigenvalue weighted by Crippen LogP contribution is 2.24. The molecule has 1 heterocycles. The standard InChI is InChI=1S/C13H20N2O2S3/c1-10-2-3-13(6-11(10)7-14)20(16,17)15-8-12-9-18-4-5-19-12/h2-3,6,12,15H,4-5,7-9,14H2,1H3. The van der Waals surface area contributed by atoms with E-state index in [1.807, 2.05) is 36.5 Å². The van der Waals surface area contributed by atoms with Crippen molar-refractivity contribution in [3.63, 3.8) is 0 Å². The van der Waals surface area contributed by atoms with Gasteiger partial charge in [0.25, 0.3) is 0 Å². The molecule has 1 aromatic carbocycles. The van der Waals surface area contributed by atoms with Gasteiger partial charge in [0, 0.05) is 35.6 Å². The number of nitrogens with two attached hydrogens (primary N) is 1. The molecule has 1 saturated heterocycles. The van der Waals surface area contributed by atoms with Crippen molar-refractivity contribution in [2.24, 2.45) is 5.73 Å². The van der Waals surface area contributed by atoms with E-state index in [0.29, 0.717) is 23.2 Å². The van der Waals surface area contributed by atoms with E-state index in [2.05, 4.69) is 4.72 Å². The zero-order valence-corrected chi connectivity index (χ0v) is 13.9. The van der Waals surface area contributed by atoms with Crippen molar-refractivity contribution in [2.75, 3.05) is 23.8 Å². The van der Waals surface area contributed by atoms with Crippen LogP contribution >= 0.6 is 23.5 Å². The molecule has 1 aromatic rings. The van der Waals surface area contributed by atoms with E-state index in [4.69, 9.17) is 5.73 Å². The van der Waals surface area contributed by atoms with Crippen LogP contribution in [0.5, 0.6) is 0 Å². The van der Waals surface area contributed by atoms with E-state index in [1.54, 1.807) is 12.1 Å². The molecule has 0 spiro atoms. The van der Waals surface area contributed by atoms with Gasteiger partial charge in [0.15, 0.2) is 0 Å². The van der Waals surface area contributed by atoms with Gasteiger partial charge in [-0.15, -0.1) is 0 Å². The quantitative estimate of drug-likeness (QED) is 0.856. The number of hydrogen-bond acceptors (Lipinski definition) is 5. The summed E-state index contributed by atoms with van der Waals surface area (Å²) >= 11 is 3.73. The maximum Gasteiger partial charge on any atom is 0.240 e. The second-order valence-electron chi connectivity index (χ2n) is 4.71. The minimum absolute atomic E-state index is 0.303. The molecule has 20 heavy (non-hydrogen) atoms. The Kier molecular flexibility index (Phi) is 5.80. The molecule has 1 fully saturated rings. The molecule has 4 nitrogen and oxygen atoms in total. The number of sulfonamides is 1. The lowest BCUT2D eigenvalue weighted by Crippen LogP contribution is -2.33. The minimum Gasteiger partial charge on any atom is -0.326 e. The largest absolute Gasteiger partial charge is 0.326 e. The topological polar surface area (TPSA) is 72.2 Å². The van der Waals surface area contributed by atoms with E-state index in [-0.39, 0.29) is 0 Å². The molecule has 1 aliphatic heterocycles. The summed E-state index contributed by atoms with van der Waals surface area (Å²) in [6, 6.07) is 5.11. The lowest BCUT2D eigenvalue weighted by atomic mass is 10.1. The van der Waals surface area contributed by atoms with Crippen molar-refractivity contribution in [1.82, 2.24) is 4.72 Å². The molecule has 112 valence electrons. The Balaban J connectivity index is 2.05. The van der Waals surface area contributed by atoms with Gasteiger partial charge in [-0.1, -0.05) is 6.07 Å². The van der Waals surface area contributed by atoms with Gasteiger partial charge < -0.3 is 5.73 Å². The van der Waals surface area contributed by atoms with Gasteiger partial charge in [0.2, 0.25) is 10.0 Å². The average Bonchev–Trinajstić information content (AvgIpc) is 2.46. The highest BCUT2D eigenvalue weighted by atomic mass is 32.2. The van der Waals surface area contributed by atoms with Crippen LogP contribution in [0.3, 0.4) is 0 Å². The monoisotopic (exact) mass is 332 g/mol. The molecule has 1 unspecified atom stereocenters. The lowest BCUT2D eigenvalue weighted by Gasteiger charge is -2.21. The van der Waals surface area contributed by atoms with Crippen LogP contribution in [0.15, 0.2) is 23.1 Å². The third-order valence-corrected chi connectivity index (χ3v) is 7.50. The van der Waals surface area contributed by atoms with Crippen molar-refractivity contribution in [1.29, 1.82) is 0 Å². The van der Waals surface area contributed by atoms with Crippen molar-refractivity contribution in [2.45, 2.75) is 23.6 Å². The van der Waals surface area contributed by atoms with Crippen LogP contribution in [0.1, 0.15) is 11.1 Å². The molecule has 0 amide bonds. The minimum atomic E-state index is -3.44. The van der Waals surface area contributed by atoms with Crippen LogP contribution < -0.4 is 10.5 Å². The molecule has 1 aliphatic rings. The summed E-state index contributed by atoms with van der Waals surface area (Å²) in [5.41, 5.74) is 7.52. The Morgan fingerprint density at radius 1 is 1.40 bits per heavy atom. The van der Waals surface area contributed by atoms with Gasteiger partial charge in [-0.05, 0) is 30.2 Å². The van der Waals surface area contributed by atoms with Gasteiger partial charge in [0.05, 0.1) is 4.90 Å². The van der Waals surface area contributed by atoms with Gasteiger partial charge in [-0.2, -0.15) is 23.5 Å². The Morgan fingerprint density at radius 3 is 2.85 bits per heavy atom. The Labute approximate surface area is 129 Å². The molecule has 0 bridgehead atoms. The predicted molar refractivity (Wildman–Crippen MR) is 87.8 cm³/mol. The number of aryl methyl sites for hydroxylation is 1. The highest BCUT2D eigenvalue weighted by Gasteiger charge is 2.19. The number of benzene rings is 1. The summed E-state index contributed by atoms with van der Waals surface area (Å²) in [6.07, 6.45) is 0. The van der Waals surface area contributed by atoms with E-state index in [1.165, 1.54) is 0 Å². The van der Waals surface area contributed by atoms with Crippen LogP contribution in [0.4, 0.5) is 0 Å². The molecule has 3 N–H and O–H groups in total. The van der Waals surface area contributed by atoms with Crippen LogP contribution in [0.25, 0.3) is 0 Å². The first-order chi connectivity index (χ1) is 9.53. The van der Waals surface area contributed by atoms with Gasteiger partial charge in [0.1, 0.15) is 0 Å². The van der Waals surface area contributed by atoms with E-state index < -0.39 is 10.0 Å². The third-order valence-electron chi connectivity index (χ3n) is 3.24. The SMILES string of the molecule is Cc1ccc(S(=O)(=O)NCC2CSCCS2)cc1CN. The molecule has 0 aliphatic carbocycles. The van der Waals surface area contributed by atoms with Crippen molar-refractivity contribution >= 4 is 33.5 Å². The highest BCUT2D eigenvalue weighted by molar-refractivity contribution is 8.06. The molecular formula is C13H20N2O2S3. The first kappa shape index (κ1) is 16.2. The second-order valence-corrected chi connectivity index (χ2v) is 9.04. The molecule has 0 saturated carbocycles. The number of hydrogen-bond donors (Lipinski definition) is 2. The molecule has 7 heteroatoms. The van der Waals surface area contributed by atoms with Crippen molar-refractivity contribution in [3.05, 3.63) is 29.3 Å². The number of rotatable bonds is 5. The lowest BCUT2D eigenvalue weighted by molar-refractivity contribution is 0.581. The smallest absolute Gasteiger partial charge is 0.240 e. The maximum atomic E-state index is 12.3. The van der Waals surface area contributed by atoms with E-state index in [9.17, 15) is 8.42 Å². The summed E-state index contributed by atoms with van der Waals surface area (Å²) in [6.45, 7) is 2.78. The van der Waals surface area contributed by atoms with E-state index in [0.717, 1.165) is 28.4 Å². The summed E-state index contributed by atoms with van der Waals surface area (Å²) < 4.78 is 27.3. The molecule has 0 aromatic heterocycles. The number of nitrogens with one attached hydrogen (secondary N) is 1. The fraction of sp³-hybridized carbons (Fsp3) is 0.538. The Hall–Kier alpha value is -0.210. The maximum absolute atomic E-state index is 12.3. The van der Waals surface area contributed by atoms with Gasteiger partial charge in [-0.3, -0.25) is 0 Å². The Morgan fingerprint density at radius 2 is 2.20 bits per heavy atom. The Bertz CT molecular complexity index is 555. The normalized spacial score (nSPS) is 20.0. The number of thioether (sulfide) groups is 2. The molecule has 1 atom stereocenters. The first-order valence-electron chi connectivity index (χ1n) is 6.51. The van der Waals surface area contributed by atoms with Crippen LogP contribution in [-0.2, 0) is 16.6 Å². The van der Waals surface area contributed by atoms with Crippen molar-refractivity contribution in [3.8, 4) is 0 Å². The summed E-state index contributed by atoms with van der Waals surface area (Å²) in [7, 11) is -3.44. The van der Waals surface area contributed by atoms with Crippen LogP contribution in [0.2, 0.25) is 0 Å². The van der Waals surface area contributed by atoms with Crippen molar-refractivity contribution < 1.29 is 8.42 Å². The summed E-state index contributed by atoms with van der Waals surface area (Å²) in [5.74, 6) is 3.26. The fourth-order valence-corrected chi connectivity index (χ4v) is 5.82.